The Morgan fingerprint density at radius 1 is 0.255 bits per heavy atom. The van der Waals surface area contributed by atoms with Gasteiger partial charge >= 0.3 is 0 Å². The number of para-hydroxylation sites is 2. The fourth-order valence-electron chi connectivity index (χ4n) is 8.31. The molecule has 0 unspecified atom stereocenters. The van der Waals surface area contributed by atoms with Crippen LogP contribution in [0.1, 0.15) is 0 Å². The molecule has 0 bridgehead atoms. The van der Waals surface area contributed by atoms with E-state index in [1.807, 2.05) is 0 Å². The van der Waals surface area contributed by atoms with Crippen LogP contribution in [0.5, 0.6) is 0 Å². The Hall–Kier alpha value is -6.70. The summed E-state index contributed by atoms with van der Waals surface area (Å²) in [5.74, 6) is 0. The molecule has 0 aromatic heterocycles. The van der Waals surface area contributed by atoms with Crippen molar-refractivity contribution in [2.45, 2.75) is 0 Å². The minimum Gasteiger partial charge on any atom is -0.310 e. The minimum atomic E-state index is 1.13. The van der Waals surface area contributed by atoms with Gasteiger partial charge in [-0.05, 0) is 101 Å². The number of fused-ring (bicyclic) bond motifs is 8. The number of rotatable bonds is 5. The third-order valence-corrected chi connectivity index (χ3v) is 10.4. The summed E-state index contributed by atoms with van der Waals surface area (Å²) in [6.07, 6.45) is 0. The van der Waals surface area contributed by atoms with E-state index < -0.39 is 0 Å². The average Bonchev–Trinajstić information content (AvgIpc) is 3.21. The van der Waals surface area contributed by atoms with Crippen LogP contribution in [0.25, 0.3) is 76.1 Å². The summed E-state index contributed by atoms with van der Waals surface area (Å²) in [4.78, 5) is 2.38. The smallest absolute Gasteiger partial charge is 0.0540 e. The van der Waals surface area contributed by atoms with E-state index in [0.717, 1.165) is 17.1 Å². The first-order chi connectivity index (χ1) is 25.4. The predicted octanol–water partition coefficient (Wildman–Crippen LogP) is 14.3. The van der Waals surface area contributed by atoms with E-state index >= 15 is 0 Å². The number of nitrogens with zero attached hydrogens (tertiary/aromatic N) is 1. The summed E-state index contributed by atoms with van der Waals surface area (Å²) >= 11 is 0. The van der Waals surface area contributed by atoms with Gasteiger partial charge in [0.2, 0.25) is 0 Å². The Bertz CT molecular complexity index is 2850. The van der Waals surface area contributed by atoms with Gasteiger partial charge in [-0.25, -0.2) is 0 Å². The highest BCUT2D eigenvalue weighted by Gasteiger charge is 2.24. The Kier molecular flexibility index (Phi) is 6.89. The molecule has 238 valence electrons. The van der Waals surface area contributed by atoms with Gasteiger partial charge < -0.3 is 4.90 Å². The fourth-order valence-corrected chi connectivity index (χ4v) is 8.31. The Balaban J connectivity index is 1.39. The average molecular weight is 648 g/mol. The standard InChI is InChI=1S/C50H33N/c1-4-18-34(19-5-1)47-43-30-16-17-31-44(43)48(50-42-29-15-12-25-38(42)37-24-11-14-28-41(37)49(47)50)45-32-33-46(40-27-13-10-26-39(40)45)51(35-20-6-2-7-21-35)36-22-8-3-9-23-36/h1-33H. The van der Waals surface area contributed by atoms with Gasteiger partial charge in [-0.3, -0.25) is 0 Å². The summed E-state index contributed by atoms with van der Waals surface area (Å²) in [5.41, 5.74) is 8.42. The molecule has 10 aromatic rings. The summed E-state index contributed by atoms with van der Waals surface area (Å²) < 4.78 is 0. The van der Waals surface area contributed by atoms with Crippen molar-refractivity contribution in [1.82, 2.24) is 0 Å². The molecule has 51 heavy (non-hydrogen) atoms. The lowest BCUT2D eigenvalue weighted by Gasteiger charge is -2.28. The fraction of sp³-hybridized carbons (Fsp3) is 0. The highest BCUT2D eigenvalue weighted by atomic mass is 15.1. The Labute approximate surface area is 297 Å². The molecule has 1 nitrogen and oxygen atoms in total. The lowest BCUT2D eigenvalue weighted by Crippen LogP contribution is -2.10. The molecule has 0 aliphatic carbocycles. The van der Waals surface area contributed by atoms with Crippen LogP contribution in [-0.2, 0) is 0 Å². The van der Waals surface area contributed by atoms with Crippen LogP contribution in [-0.4, -0.2) is 0 Å². The molecule has 10 rings (SSSR count). The van der Waals surface area contributed by atoms with E-state index in [0.29, 0.717) is 0 Å². The summed E-state index contributed by atoms with van der Waals surface area (Å²) in [6.45, 7) is 0. The summed E-state index contributed by atoms with van der Waals surface area (Å²) in [6, 6.07) is 72.9. The maximum absolute atomic E-state index is 2.38. The molecule has 0 aliphatic heterocycles. The summed E-state index contributed by atoms with van der Waals surface area (Å²) in [7, 11) is 0. The molecule has 1 heteroatoms. The minimum absolute atomic E-state index is 1.13. The van der Waals surface area contributed by atoms with E-state index in [9.17, 15) is 0 Å². The monoisotopic (exact) mass is 647 g/mol. The molecule has 0 saturated heterocycles. The lowest BCUT2D eigenvalue weighted by atomic mass is 9.80. The van der Waals surface area contributed by atoms with Gasteiger partial charge in [0.05, 0.1) is 5.69 Å². The zero-order valence-electron chi connectivity index (χ0n) is 28.0. The second kappa shape index (κ2) is 12.0. The summed E-state index contributed by atoms with van der Waals surface area (Å²) in [5, 5.41) is 12.6. The maximum Gasteiger partial charge on any atom is 0.0540 e. The normalized spacial score (nSPS) is 11.5. The molecule has 0 amide bonds. The highest BCUT2D eigenvalue weighted by molar-refractivity contribution is 6.37. The number of hydrogen-bond donors (Lipinski definition) is 0. The van der Waals surface area contributed by atoms with Crippen LogP contribution in [0.2, 0.25) is 0 Å². The van der Waals surface area contributed by atoms with Crippen LogP contribution >= 0.6 is 0 Å². The molecule has 0 spiro atoms. The molecule has 0 heterocycles. The van der Waals surface area contributed by atoms with Crippen molar-refractivity contribution in [3.8, 4) is 22.3 Å². The van der Waals surface area contributed by atoms with Crippen molar-refractivity contribution in [1.29, 1.82) is 0 Å². The van der Waals surface area contributed by atoms with Crippen molar-refractivity contribution in [2.75, 3.05) is 4.90 Å². The van der Waals surface area contributed by atoms with Gasteiger partial charge in [-0.2, -0.15) is 0 Å². The maximum atomic E-state index is 2.38. The van der Waals surface area contributed by atoms with Gasteiger partial charge in [0.1, 0.15) is 0 Å². The first kappa shape index (κ1) is 29.2. The first-order valence-corrected chi connectivity index (χ1v) is 17.6. The van der Waals surface area contributed by atoms with Crippen LogP contribution in [0.3, 0.4) is 0 Å². The van der Waals surface area contributed by atoms with Gasteiger partial charge in [-0.15, -0.1) is 0 Å². The molecular weight excluding hydrogens is 615 g/mol. The second-order valence-corrected chi connectivity index (χ2v) is 13.2. The Morgan fingerprint density at radius 2 is 0.647 bits per heavy atom. The Morgan fingerprint density at radius 3 is 1.20 bits per heavy atom. The third kappa shape index (κ3) is 4.63. The molecular formula is C50H33N. The van der Waals surface area contributed by atoms with Crippen molar-refractivity contribution in [3.05, 3.63) is 200 Å². The van der Waals surface area contributed by atoms with Crippen molar-refractivity contribution < 1.29 is 0 Å². The van der Waals surface area contributed by atoms with Crippen molar-refractivity contribution in [3.63, 3.8) is 0 Å². The molecule has 0 fully saturated rings. The van der Waals surface area contributed by atoms with E-state index in [2.05, 4.69) is 205 Å². The topological polar surface area (TPSA) is 3.24 Å². The zero-order chi connectivity index (χ0) is 33.7. The number of benzene rings is 10. The van der Waals surface area contributed by atoms with Crippen molar-refractivity contribution >= 4 is 70.9 Å². The predicted molar refractivity (Wildman–Crippen MR) is 220 cm³/mol. The van der Waals surface area contributed by atoms with Gasteiger partial charge in [0.25, 0.3) is 0 Å². The largest absolute Gasteiger partial charge is 0.310 e. The quantitative estimate of drug-likeness (QED) is 0.133. The molecule has 0 atom stereocenters. The van der Waals surface area contributed by atoms with Gasteiger partial charge in [0, 0.05) is 16.8 Å². The molecule has 0 aliphatic rings. The van der Waals surface area contributed by atoms with Crippen LogP contribution in [0.15, 0.2) is 200 Å². The third-order valence-electron chi connectivity index (χ3n) is 10.4. The molecule has 0 radical (unpaired) electrons. The molecule has 0 N–H and O–H groups in total. The van der Waals surface area contributed by atoms with Crippen LogP contribution in [0.4, 0.5) is 17.1 Å². The zero-order valence-corrected chi connectivity index (χ0v) is 28.0. The molecule has 10 aromatic carbocycles. The van der Waals surface area contributed by atoms with E-state index in [-0.39, 0.29) is 0 Å². The second-order valence-electron chi connectivity index (χ2n) is 13.2. The first-order valence-electron chi connectivity index (χ1n) is 17.6. The van der Waals surface area contributed by atoms with Crippen LogP contribution in [0, 0.1) is 0 Å². The lowest BCUT2D eigenvalue weighted by molar-refractivity contribution is 1.30. The van der Waals surface area contributed by atoms with E-state index in [4.69, 9.17) is 0 Å². The van der Waals surface area contributed by atoms with E-state index in [1.165, 1.54) is 76.1 Å². The van der Waals surface area contributed by atoms with Gasteiger partial charge in [-0.1, -0.05) is 170 Å². The highest BCUT2D eigenvalue weighted by Crippen LogP contribution is 2.51. The number of hydrogen-bond acceptors (Lipinski definition) is 1. The van der Waals surface area contributed by atoms with Gasteiger partial charge in [0.15, 0.2) is 0 Å². The number of anilines is 3. The van der Waals surface area contributed by atoms with E-state index in [1.54, 1.807) is 0 Å². The SMILES string of the molecule is c1ccc(-c2c3ccccc3c(-c3ccc(N(c4ccccc4)c4ccccc4)c4ccccc34)c3c4ccccc4c4ccccc4c23)cc1. The van der Waals surface area contributed by atoms with Crippen molar-refractivity contribution in [2.24, 2.45) is 0 Å². The van der Waals surface area contributed by atoms with Crippen LogP contribution < -0.4 is 4.90 Å². The molecule has 0 saturated carbocycles.